The van der Waals surface area contributed by atoms with Crippen LogP contribution in [-0.4, -0.2) is 71.0 Å². The van der Waals surface area contributed by atoms with Crippen molar-refractivity contribution in [3.05, 3.63) is 107 Å². The number of carbonyl (C=O) groups excluding carboxylic acids is 1. The van der Waals surface area contributed by atoms with Crippen molar-refractivity contribution >= 4 is 18.0 Å². The van der Waals surface area contributed by atoms with Gasteiger partial charge in [0.15, 0.2) is 0 Å². The molecule has 2 N–H and O–H groups in total. The van der Waals surface area contributed by atoms with E-state index in [1.165, 1.54) is 5.56 Å². The van der Waals surface area contributed by atoms with E-state index >= 15 is 0 Å². The van der Waals surface area contributed by atoms with Crippen LogP contribution in [0.25, 0.3) is 6.08 Å². The average molecular weight is 499 g/mol. The fourth-order valence-electron chi connectivity index (χ4n) is 4.68. The van der Waals surface area contributed by atoms with Crippen LogP contribution < -0.4 is 5.32 Å². The van der Waals surface area contributed by atoms with Gasteiger partial charge in [0.25, 0.3) is 0 Å². The van der Waals surface area contributed by atoms with Crippen molar-refractivity contribution < 1.29 is 14.7 Å². The van der Waals surface area contributed by atoms with E-state index < -0.39 is 5.97 Å². The number of amides is 1. The van der Waals surface area contributed by atoms with Crippen LogP contribution in [0.3, 0.4) is 0 Å². The summed E-state index contributed by atoms with van der Waals surface area (Å²) in [6.45, 7) is 5.52. The van der Waals surface area contributed by atoms with Crippen LogP contribution in [0.2, 0.25) is 0 Å². The zero-order chi connectivity index (χ0) is 25.9. The van der Waals surface area contributed by atoms with Gasteiger partial charge in [0.05, 0.1) is 11.6 Å². The summed E-state index contributed by atoms with van der Waals surface area (Å²) in [6.07, 6.45) is 8.72. The maximum atomic E-state index is 12.0. The lowest BCUT2D eigenvalue weighted by atomic mass is 9.95. The zero-order valence-corrected chi connectivity index (χ0v) is 21.0. The number of piperazine rings is 1. The van der Waals surface area contributed by atoms with Gasteiger partial charge >= 0.3 is 5.97 Å². The van der Waals surface area contributed by atoms with Gasteiger partial charge < -0.3 is 15.3 Å². The molecule has 4 rings (SSSR count). The van der Waals surface area contributed by atoms with Gasteiger partial charge in [-0.25, -0.2) is 4.79 Å². The maximum Gasteiger partial charge on any atom is 0.335 e. The molecule has 0 radical (unpaired) electrons. The highest BCUT2D eigenvalue weighted by Gasteiger charge is 2.26. The Morgan fingerprint density at radius 3 is 2.32 bits per heavy atom. The van der Waals surface area contributed by atoms with E-state index in [1.807, 2.05) is 30.3 Å². The Kier molecular flexibility index (Phi) is 9.57. The van der Waals surface area contributed by atoms with Crippen LogP contribution in [0.15, 0.2) is 85.2 Å². The molecule has 1 amide bonds. The van der Waals surface area contributed by atoms with E-state index in [1.54, 1.807) is 36.7 Å². The van der Waals surface area contributed by atoms with E-state index in [0.29, 0.717) is 12.1 Å². The van der Waals surface area contributed by atoms with Crippen molar-refractivity contribution in [1.82, 2.24) is 20.1 Å². The zero-order valence-electron chi connectivity index (χ0n) is 21.0. The minimum Gasteiger partial charge on any atom is -0.478 e. The van der Waals surface area contributed by atoms with Gasteiger partial charge in [-0.3, -0.25) is 14.7 Å². The summed E-state index contributed by atoms with van der Waals surface area (Å²) in [6, 6.07) is 21.5. The number of hydrogen-bond donors (Lipinski definition) is 2. The first kappa shape index (κ1) is 26.3. The summed E-state index contributed by atoms with van der Waals surface area (Å²) in [7, 11) is 0. The molecule has 0 bridgehead atoms. The summed E-state index contributed by atoms with van der Waals surface area (Å²) in [5.41, 5.74) is 3.54. The Bertz CT molecular complexity index is 1160. The molecular formula is C30H34N4O3. The quantitative estimate of drug-likeness (QED) is 0.306. The number of nitrogens with zero attached hydrogens (tertiary/aromatic N) is 3. The van der Waals surface area contributed by atoms with Crippen molar-refractivity contribution in [2.45, 2.75) is 18.9 Å². The number of aromatic nitrogens is 1. The van der Waals surface area contributed by atoms with E-state index in [0.717, 1.165) is 56.7 Å². The molecular weight excluding hydrogens is 464 g/mol. The Morgan fingerprint density at radius 2 is 1.65 bits per heavy atom. The highest BCUT2D eigenvalue weighted by atomic mass is 16.4. The fraction of sp³-hybridized carbons (Fsp3) is 0.300. The lowest BCUT2D eigenvalue weighted by Crippen LogP contribution is -2.48. The Hall–Kier alpha value is -3.81. The van der Waals surface area contributed by atoms with Crippen LogP contribution in [0, 0.1) is 0 Å². The number of nitrogens with one attached hydrogen (secondary N) is 1. The molecule has 0 aliphatic carbocycles. The smallest absolute Gasteiger partial charge is 0.335 e. The average Bonchev–Trinajstić information content (AvgIpc) is 2.94. The lowest BCUT2D eigenvalue weighted by molar-refractivity contribution is -0.116. The third kappa shape index (κ3) is 7.84. The van der Waals surface area contributed by atoms with Gasteiger partial charge in [0.2, 0.25) is 5.91 Å². The van der Waals surface area contributed by atoms with Crippen LogP contribution in [0.1, 0.15) is 45.9 Å². The predicted octanol–water partition coefficient (Wildman–Crippen LogP) is 4.10. The number of carbonyl (C=O) groups is 2. The molecule has 2 heterocycles. The van der Waals surface area contributed by atoms with E-state index in [2.05, 4.69) is 44.4 Å². The lowest BCUT2D eigenvalue weighted by Gasteiger charge is -2.40. The Morgan fingerprint density at radius 1 is 0.919 bits per heavy atom. The van der Waals surface area contributed by atoms with Crippen molar-refractivity contribution in [2.75, 3.05) is 39.3 Å². The first-order valence-electron chi connectivity index (χ1n) is 12.8. The van der Waals surface area contributed by atoms with Crippen molar-refractivity contribution in [1.29, 1.82) is 0 Å². The predicted molar refractivity (Wildman–Crippen MR) is 145 cm³/mol. The van der Waals surface area contributed by atoms with E-state index in [9.17, 15) is 14.7 Å². The molecule has 7 heteroatoms. The molecule has 37 heavy (non-hydrogen) atoms. The van der Waals surface area contributed by atoms with Crippen LogP contribution in [-0.2, 0) is 4.79 Å². The molecule has 192 valence electrons. The van der Waals surface area contributed by atoms with Gasteiger partial charge in [-0.1, -0.05) is 48.5 Å². The number of carboxylic acid groups (broad SMARTS) is 1. The second kappa shape index (κ2) is 13.5. The molecule has 1 saturated heterocycles. The molecule has 1 fully saturated rings. The monoisotopic (exact) mass is 498 g/mol. The number of benzene rings is 2. The van der Waals surface area contributed by atoms with Crippen LogP contribution >= 0.6 is 0 Å². The molecule has 0 saturated carbocycles. The van der Waals surface area contributed by atoms with Crippen LogP contribution in [0.5, 0.6) is 0 Å². The second-order valence-corrected chi connectivity index (χ2v) is 9.24. The minimum atomic E-state index is -0.905. The first-order valence-corrected chi connectivity index (χ1v) is 12.8. The summed E-state index contributed by atoms with van der Waals surface area (Å²) in [5, 5.41) is 12.2. The highest BCUT2D eigenvalue weighted by Crippen LogP contribution is 2.30. The summed E-state index contributed by atoms with van der Waals surface area (Å²) < 4.78 is 0. The number of unbranched alkanes of at least 4 members (excludes halogenated alkanes) is 1. The largest absolute Gasteiger partial charge is 0.478 e. The standard InChI is InChI=1S/C30H34N4O3/c35-28(15-10-24-7-6-16-31-23-24)32-17-4-5-18-33-19-21-34(22-20-33)29(25-8-2-1-3-9-25)26-11-13-27(14-12-26)30(36)37/h1-3,6-16,23,29H,4-5,17-22H2,(H,32,35)(H,36,37). The highest BCUT2D eigenvalue weighted by molar-refractivity contribution is 5.91. The number of pyridine rings is 1. The molecule has 3 aromatic rings. The van der Waals surface area contributed by atoms with Crippen LogP contribution in [0.4, 0.5) is 0 Å². The summed E-state index contributed by atoms with van der Waals surface area (Å²) in [4.78, 5) is 32.3. The van der Waals surface area contributed by atoms with Crippen molar-refractivity contribution in [2.24, 2.45) is 0 Å². The van der Waals surface area contributed by atoms with Crippen molar-refractivity contribution in [3.63, 3.8) is 0 Å². The molecule has 0 spiro atoms. The fourth-order valence-corrected chi connectivity index (χ4v) is 4.68. The van der Waals surface area contributed by atoms with Gasteiger partial charge in [0.1, 0.15) is 0 Å². The summed E-state index contributed by atoms with van der Waals surface area (Å²) >= 11 is 0. The number of hydrogen-bond acceptors (Lipinski definition) is 5. The Labute approximate surface area is 218 Å². The summed E-state index contributed by atoms with van der Waals surface area (Å²) in [5.74, 6) is -0.988. The third-order valence-electron chi connectivity index (χ3n) is 6.67. The molecule has 1 aliphatic heterocycles. The van der Waals surface area contributed by atoms with Gasteiger partial charge in [0, 0.05) is 51.2 Å². The minimum absolute atomic E-state index is 0.0826. The molecule has 1 atom stereocenters. The third-order valence-corrected chi connectivity index (χ3v) is 6.67. The molecule has 1 aromatic heterocycles. The molecule has 2 aromatic carbocycles. The first-order chi connectivity index (χ1) is 18.1. The van der Waals surface area contributed by atoms with Gasteiger partial charge in [-0.05, 0) is 60.4 Å². The number of aromatic carboxylic acids is 1. The molecule has 7 nitrogen and oxygen atoms in total. The normalized spacial score (nSPS) is 15.5. The van der Waals surface area contributed by atoms with Gasteiger partial charge in [-0.15, -0.1) is 0 Å². The topological polar surface area (TPSA) is 85.8 Å². The molecule has 1 aliphatic rings. The number of rotatable bonds is 11. The Balaban J connectivity index is 1.22. The SMILES string of the molecule is O=C(C=Cc1cccnc1)NCCCCN1CCN(C(c2ccccc2)c2ccc(C(=O)O)cc2)CC1. The number of carboxylic acids is 1. The van der Waals surface area contributed by atoms with Crippen molar-refractivity contribution in [3.8, 4) is 0 Å². The van der Waals surface area contributed by atoms with Gasteiger partial charge in [-0.2, -0.15) is 0 Å². The maximum absolute atomic E-state index is 12.0. The second-order valence-electron chi connectivity index (χ2n) is 9.24. The van der Waals surface area contributed by atoms with E-state index in [4.69, 9.17) is 0 Å². The molecule has 1 unspecified atom stereocenters. The van der Waals surface area contributed by atoms with E-state index in [-0.39, 0.29) is 11.9 Å².